The van der Waals surface area contributed by atoms with Crippen LogP contribution in [0, 0.1) is 0 Å². The quantitative estimate of drug-likeness (QED) is 0.589. The maximum absolute atomic E-state index is 10.6. The van der Waals surface area contributed by atoms with Gasteiger partial charge in [-0.3, -0.25) is 9.69 Å². The Hall–Kier alpha value is -0.410. The van der Waals surface area contributed by atoms with E-state index in [2.05, 4.69) is 4.90 Å². The zero-order chi connectivity index (χ0) is 7.40. The van der Waals surface area contributed by atoms with Crippen LogP contribution < -0.4 is 0 Å². The van der Waals surface area contributed by atoms with E-state index in [0.717, 1.165) is 26.3 Å². The predicted octanol–water partition coefficient (Wildman–Crippen LogP) is 0.544. The number of Topliss-reactive ketones (excluding diaryl/α,β-unsaturated/α-hetero) is 1. The molecule has 11 heavy (non-hydrogen) atoms. The lowest BCUT2D eigenvalue weighted by atomic mass is 10.3. The molecule has 0 atom stereocenters. The van der Waals surface area contributed by atoms with Gasteiger partial charge in [-0.2, -0.15) is 0 Å². The van der Waals surface area contributed by atoms with Gasteiger partial charge in [0.05, 0.1) is 19.8 Å². The molecule has 1 aliphatic rings. The van der Waals surface area contributed by atoms with Gasteiger partial charge in [0, 0.05) is 13.1 Å². The average molecular weight is 159 g/mol. The summed E-state index contributed by atoms with van der Waals surface area (Å²) in [6, 6.07) is 0. The zero-order valence-electron chi connectivity index (χ0n) is 6.30. The van der Waals surface area contributed by atoms with Crippen molar-refractivity contribution in [3.8, 4) is 0 Å². The number of hydrogen-bond acceptors (Lipinski definition) is 3. The fraction of sp³-hybridized carbons (Fsp3) is 0.875. The van der Waals surface area contributed by atoms with Crippen molar-refractivity contribution in [1.29, 1.82) is 0 Å². The third kappa shape index (κ3) is 4.11. The normalized spacial score (nSPS) is 19.0. The highest BCUT2D eigenvalue weighted by Gasteiger charge is 2.10. The fourth-order valence-corrected chi connectivity index (χ4v) is 1.07. The van der Waals surface area contributed by atoms with E-state index in [1.165, 1.54) is 0 Å². The number of rotatable bonds is 2. The standard InChI is InChI=1S/C7H13NO2.CH4/c1-7(9)6-8-2-4-10-5-3-8;/h2-6H2,1H3;1H4. The Morgan fingerprint density at radius 3 is 2.45 bits per heavy atom. The van der Waals surface area contributed by atoms with E-state index in [1.54, 1.807) is 6.92 Å². The molecular formula is C8H17NO2. The summed E-state index contributed by atoms with van der Waals surface area (Å²) in [4.78, 5) is 12.7. The first kappa shape index (κ1) is 10.6. The van der Waals surface area contributed by atoms with Crippen molar-refractivity contribution in [1.82, 2.24) is 4.90 Å². The van der Waals surface area contributed by atoms with Crippen molar-refractivity contribution < 1.29 is 9.53 Å². The van der Waals surface area contributed by atoms with E-state index >= 15 is 0 Å². The number of hydrogen-bond donors (Lipinski definition) is 0. The molecule has 1 aliphatic heterocycles. The van der Waals surface area contributed by atoms with Crippen LogP contribution in [-0.2, 0) is 9.53 Å². The van der Waals surface area contributed by atoms with Gasteiger partial charge in [-0.05, 0) is 6.92 Å². The van der Waals surface area contributed by atoms with Gasteiger partial charge in [0.1, 0.15) is 5.78 Å². The Kier molecular flexibility index (Phi) is 5.07. The number of carbonyl (C=O) groups excluding carboxylic acids is 1. The Labute approximate surface area is 68.3 Å². The fourth-order valence-electron chi connectivity index (χ4n) is 1.07. The van der Waals surface area contributed by atoms with Crippen LogP contribution in [0.2, 0.25) is 0 Å². The monoisotopic (exact) mass is 159 g/mol. The molecule has 3 heteroatoms. The number of ketones is 1. The maximum atomic E-state index is 10.6. The molecule has 1 saturated heterocycles. The van der Waals surface area contributed by atoms with Gasteiger partial charge in [-0.1, -0.05) is 7.43 Å². The molecule has 0 aliphatic carbocycles. The van der Waals surface area contributed by atoms with Crippen molar-refractivity contribution in [2.24, 2.45) is 0 Å². The van der Waals surface area contributed by atoms with E-state index in [1.807, 2.05) is 0 Å². The molecule has 0 aromatic rings. The molecule has 0 spiro atoms. The van der Waals surface area contributed by atoms with Crippen molar-refractivity contribution in [2.75, 3.05) is 32.8 Å². The first-order chi connectivity index (χ1) is 4.79. The molecular weight excluding hydrogens is 142 g/mol. The van der Waals surface area contributed by atoms with Crippen molar-refractivity contribution in [3.05, 3.63) is 0 Å². The third-order valence-electron chi connectivity index (χ3n) is 1.55. The van der Waals surface area contributed by atoms with E-state index in [4.69, 9.17) is 4.74 Å². The highest BCUT2D eigenvalue weighted by Crippen LogP contribution is 1.95. The van der Waals surface area contributed by atoms with Crippen LogP contribution >= 0.6 is 0 Å². The van der Waals surface area contributed by atoms with Gasteiger partial charge in [-0.15, -0.1) is 0 Å². The highest BCUT2D eigenvalue weighted by atomic mass is 16.5. The second-order valence-corrected chi connectivity index (χ2v) is 2.59. The molecule has 0 amide bonds. The molecule has 0 radical (unpaired) electrons. The van der Waals surface area contributed by atoms with Crippen LogP contribution in [0.5, 0.6) is 0 Å². The number of carbonyl (C=O) groups is 1. The number of ether oxygens (including phenoxy) is 1. The van der Waals surface area contributed by atoms with Crippen LogP contribution in [0.4, 0.5) is 0 Å². The van der Waals surface area contributed by atoms with Gasteiger partial charge in [0.2, 0.25) is 0 Å². The molecule has 0 saturated carbocycles. The van der Waals surface area contributed by atoms with E-state index in [0.29, 0.717) is 6.54 Å². The minimum atomic E-state index is 0. The van der Waals surface area contributed by atoms with Crippen LogP contribution in [0.3, 0.4) is 0 Å². The molecule has 0 aromatic carbocycles. The van der Waals surface area contributed by atoms with Crippen molar-refractivity contribution in [2.45, 2.75) is 14.4 Å². The molecule has 1 rings (SSSR count). The van der Waals surface area contributed by atoms with Crippen LogP contribution in [-0.4, -0.2) is 43.5 Å². The average Bonchev–Trinajstić information content (AvgIpc) is 1.88. The molecule has 0 bridgehead atoms. The largest absolute Gasteiger partial charge is 0.379 e. The Morgan fingerprint density at radius 1 is 1.45 bits per heavy atom. The van der Waals surface area contributed by atoms with Crippen LogP contribution in [0.1, 0.15) is 14.4 Å². The minimum absolute atomic E-state index is 0. The molecule has 0 unspecified atom stereocenters. The minimum Gasteiger partial charge on any atom is -0.379 e. The van der Waals surface area contributed by atoms with Gasteiger partial charge in [0.15, 0.2) is 0 Å². The maximum Gasteiger partial charge on any atom is 0.143 e. The van der Waals surface area contributed by atoms with Gasteiger partial charge in [-0.25, -0.2) is 0 Å². The summed E-state index contributed by atoms with van der Waals surface area (Å²) >= 11 is 0. The second-order valence-electron chi connectivity index (χ2n) is 2.59. The van der Waals surface area contributed by atoms with Gasteiger partial charge < -0.3 is 4.74 Å². The second kappa shape index (κ2) is 5.27. The lowest BCUT2D eigenvalue weighted by molar-refractivity contribution is -0.119. The molecule has 1 fully saturated rings. The lowest BCUT2D eigenvalue weighted by Crippen LogP contribution is -2.38. The smallest absolute Gasteiger partial charge is 0.143 e. The Balaban J connectivity index is 0.000001000. The first-order valence-electron chi connectivity index (χ1n) is 3.58. The Bertz CT molecular complexity index is 119. The molecule has 3 nitrogen and oxygen atoms in total. The summed E-state index contributed by atoms with van der Waals surface area (Å²) in [6.45, 7) is 5.55. The topological polar surface area (TPSA) is 29.5 Å². The third-order valence-corrected chi connectivity index (χ3v) is 1.55. The van der Waals surface area contributed by atoms with E-state index in [9.17, 15) is 4.79 Å². The van der Waals surface area contributed by atoms with E-state index in [-0.39, 0.29) is 13.2 Å². The summed E-state index contributed by atoms with van der Waals surface area (Å²) in [5.74, 6) is 0.238. The predicted molar refractivity (Wildman–Crippen MR) is 44.7 cm³/mol. The SMILES string of the molecule is C.CC(=O)CN1CCOCC1. The molecule has 66 valence electrons. The van der Waals surface area contributed by atoms with Gasteiger partial charge >= 0.3 is 0 Å². The summed E-state index contributed by atoms with van der Waals surface area (Å²) in [5.41, 5.74) is 0. The summed E-state index contributed by atoms with van der Waals surface area (Å²) in [6.07, 6.45) is 0. The summed E-state index contributed by atoms with van der Waals surface area (Å²) in [7, 11) is 0. The van der Waals surface area contributed by atoms with E-state index < -0.39 is 0 Å². The molecule has 0 aromatic heterocycles. The number of nitrogens with zero attached hydrogens (tertiary/aromatic N) is 1. The van der Waals surface area contributed by atoms with Crippen LogP contribution in [0.15, 0.2) is 0 Å². The zero-order valence-corrected chi connectivity index (χ0v) is 6.30. The Morgan fingerprint density at radius 2 is 2.00 bits per heavy atom. The van der Waals surface area contributed by atoms with Crippen LogP contribution in [0.25, 0.3) is 0 Å². The van der Waals surface area contributed by atoms with Crippen molar-refractivity contribution >= 4 is 5.78 Å². The van der Waals surface area contributed by atoms with Crippen molar-refractivity contribution in [3.63, 3.8) is 0 Å². The van der Waals surface area contributed by atoms with Gasteiger partial charge in [0.25, 0.3) is 0 Å². The lowest BCUT2D eigenvalue weighted by Gasteiger charge is -2.25. The number of morpholine rings is 1. The first-order valence-corrected chi connectivity index (χ1v) is 3.58. The summed E-state index contributed by atoms with van der Waals surface area (Å²) in [5, 5.41) is 0. The summed E-state index contributed by atoms with van der Waals surface area (Å²) < 4.78 is 5.13. The highest BCUT2D eigenvalue weighted by molar-refractivity contribution is 5.77. The molecule has 1 heterocycles. The molecule has 0 N–H and O–H groups in total.